The third-order valence-corrected chi connectivity index (χ3v) is 8.98. The maximum atomic E-state index is 13.6. The van der Waals surface area contributed by atoms with Crippen molar-refractivity contribution in [3.8, 4) is 0 Å². The molecule has 1 amide bonds. The van der Waals surface area contributed by atoms with E-state index in [1.165, 1.54) is 10.4 Å². The number of amides is 1. The summed E-state index contributed by atoms with van der Waals surface area (Å²) in [5.74, 6) is -0.278. The van der Waals surface area contributed by atoms with Crippen LogP contribution in [0.15, 0.2) is 53.4 Å². The Morgan fingerprint density at radius 3 is 2.22 bits per heavy atom. The summed E-state index contributed by atoms with van der Waals surface area (Å²) in [6, 6.07) is 11.6. The van der Waals surface area contributed by atoms with E-state index in [1.54, 1.807) is 35.2 Å². The third-order valence-electron chi connectivity index (χ3n) is 7.07. The highest BCUT2D eigenvalue weighted by Crippen LogP contribution is 2.32. The van der Waals surface area contributed by atoms with Crippen LogP contribution in [0.25, 0.3) is 0 Å². The predicted molar refractivity (Wildman–Crippen MR) is 132 cm³/mol. The van der Waals surface area contributed by atoms with Crippen LogP contribution in [0.4, 0.5) is 18.9 Å². The van der Waals surface area contributed by atoms with Gasteiger partial charge >= 0.3 is 6.18 Å². The Labute approximate surface area is 210 Å². The van der Waals surface area contributed by atoms with Crippen LogP contribution in [-0.4, -0.2) is 62.3 Å². The summed E-state index contributed by atoms with van der Waals surface area (Å²) in [6.45, 7) is 3.04. The maximum absolute atomic E-state index is 13.6. The van der Waals surface area contributed by atoms with Crippen LogP contribution in [0, 0.1) is 6.92 Å². The van der Waals surface area contributed by atoms with Crippen molar-refractivity contribution in [1.82, 2.24) is 9.21 Å². The standard InChI is InChI=1S/C26H32F3N3O3S/c1-20-10-12-24(13-11-20)36(34,35)32(22-7-3-2-4-8-22)19-25(33)31-16-14-30(15-17-31)23-9-5-6-21(18-23)26(27,28)29/h5-6,9-13,18,22H,2-4,7-8,14-17,19H2,1H3. The first-order chi connectivity index (χ1) is 17.1. The zero-order valence-electron chi connectivity index (χ0n) is 20.4. The normalized spacial score (nSPS) is 18.0. The molecule has 1 heterocycles. The maximum Gasteiger partial charge on any atom is 0.416 e. The Morgan fingerprint density at radius 1 is 0.972 bits per heavy atom. The number of rotatable bonds is 6. The lowest BCUT2D eigenvalue weighted by Crippen LogP contribution is -2.53. The van der Waals surface area contributed by atoms with Gasteiger partial charge in [0.15, 0.2) is 0 Å². The van der Waals surface area contributed by atoms with E-state index in [-0.39, 0.29) is 23.4 Å². The molecular formula is C26H32F3N3O3S. The summed E-state index contributed by atoms with van der Waals surface area (Å²) in [7, 11) is -3.85. The molecule has 2 aromatic rings. The second-order valence-corrected chi connectivity index (χ2v) is 11.5. The van der Waals surface area contributed by atoms with Crippen LogP contribution in [0.3, 0.4) is 0 Å². The van der Waals surface area contributed by atoms with Crippen molar-refractivity contribution in [2.45, 2.75) is 56.1 Å². The molecule has 1 aliphatic carbocycles. The smallest absolute Gasteiger partial charge is 0.368 e. The number of hydrogen-bond donors (Lipinski definition) is 0. The van der Waals surface area contributed by atoms with Gasteiger partial charge < -0.3 is 9.80 Å². The number of sulfonamides is 1. The Bertz CT molecular complexity index is 1150. The second-order valence-electron chi connectivity index (χ2n) is 9.57. The Morgan fingerprint density at radius 2 is 1.61 bits per heavy atom. The first kappa shape index (κ1) is 26.5. The van der Waals surface area contributed by atoms with Gasteiger partial charge in [-0.25, -0.2) is 8.42 Å². The molecule has 0 bridgehead atoms. The van der Waals surface area contributed by atoms with E-state index in [0.717, 1.165) is 49.8 Å². The molecule has 0 unspecified atom stereocenters. The highest BCUT2D eigenvalue weighted by Gasteiger charge is 2.36. The molecule has 36 heavy (non-hydrogen) atoms. The molecule has 6 nitrogen and oxygen atoms in total. The van der Waals surface area contributed by atoms with Crippen LogP contribution in [-0.2, 0) is 21.0 Å². The molecule has 2 aromatic carbocycles. The van der Waals surface area contributed by atoms with Crippen LogP contribution >= 0.6 is 0 Å². The van der Waals surface area contributed by atoms with E-state index < -0.39 is 21.8 Å². The van der Waals surface area contributed by atoms with Gasteiger partial charge in [-0.05, 0) is 50.1 Å². The summed E-state index contributed by atoms with van der Waals surface area (Å²) >= 11 is 0. The largest absolute Gasteiger partial charge is 0.416 e. The van der Waals surface area contributed by atoms with Gasteiger partial charge in [0.05, 0.1) is 17.0 Å². The highest BCUT2D eigenvalue weighted by molar-refractivity contribution is 7.89. The molecule has 2 aliphatic rings. The number of halogens is 3. The number of piperazine rings is 1. The summed E-state index contributed by atoms with van der Waals surface area (Å²) in [4.78, 5) is 16.9. The summed E-state index contributed by atoms with van der Waals surface area (Å²) in [5, 5.41) is 0. The van der Waals surface area contributed by atoms with Gasteiger partial charge in [0.1, 0.15) is 0 Å². The highest BCUT2D eigenvalue weighted by atomic mass is 32.2. The second kappa shape index (κ2) is 10.8. The van der Waals surface area contributed by atoms with Crippen molar-refractivity contribution in [3.63, 3.8) is 0 Å². The number of benzene rings is 2. The van der Waals surface area contributed by atoms with Crippen molar-refractivity contribution >= 4 is 21.6 Å². The third kappa shape index (κ3) is 6.03. The fourth-order valence-electron chi connectivity index (χ4n) is 4.95. The van der Waals surface area contributed by atoms with Gasteiger partial charge in [0, 0.05) is 37.9 Å². The topological polar surface area (TPSA) is 60.9 Å². The monoisotopic (exact) mass is 523 g/mol. The summed E-state index contributed by atoms with van der Waals surface area (Å²) in [6.07, 6.45) is -0.0635. The van der Waals surface area contributed by atoms with Gasteiger partial charge in [-0.2, -0.15) is 17.5 Å². The molecule has 0 radical (unpaired) electrons. The lowest BCUT2D eigenvalue weighted by Gasteiger charge is -2.38. The average Bonchev–Trinajstić information content (AvgIpc) is 2.87. The molecule has 2 fully saturated rings. The SMILES string of the molecule is Cc1ccc(S(=O)(=O)N(CC(=O)N2CCN(c3cccc(C(F)(F)F)c3)CC2)C2CCCCC2)cc1. The number of anilines is 1. The van der Waals surface area contributed by atoms with Crippen LogP contribution in [0.2, 0.25) is 0 Å². The van der Waals surface area contributed by atoms with Crippen LogP contribution in [0.5, 0.6) is 0 Å². The van der Waals surface area contributed by atoms with E-state index in [4.69, 9.17) is 0 Å². The molecule has 0 atom stereocenters. The van der Waals surface area contributed by atoms with E-state index in [9.17, 15) is 26.4 Å². The molecule has 4 rings (SSSR count). The minimum absolute atomic E-state index is 0.181. The number of hydrogen-bond acceptors (Lipinski definition) is 4. The molecule has 1 saturated carbocycles. The van der Waals surface area contributed by atoms with E-state index >= 15 is 0 Å². The van der Waals surface area contributed by atoms with Crippen molar-refractivity contribution in [1.29, 1.82) is 0 Å². The molecule has 1 saturated heterocycles. The Hall–Kier alpha value is -2.59. The molecule has 196 valence electrons. The van der Waals surface area contributed by atoms with Crippen molar-refractivity contribution < 1.29 is 26.4 Å². The number of aryl methyl sites for hydroxylation is 1. The zero-order valence-corrected chi connectivity index (χ0v) is 21.2. The van der Waals surface area contributed by atoms with Crippen molar-refractivity contribution in [2.24, 2.45) is 0 Å². The van der Waals surface area contributed by atoms with Crippen molar-refractivity contribution in [3.05, 3.63) is 59.7 Å². The van der Waals surface area contributed by atoms with Crippen LogP contribution < -0.4 is 4.90 Å². The Kier molecular flexibility index (Phi) is 7.94. The Balaban J connectivity index is 1.46. The minimum atomic E-state index is -4.42. The van der Waals surface area contributed by atoms with E-state index in [2.05, 4.69) is 0 Å². The van der Waals surface area contributed by atoms with Gasteiger partial charge in [0.2, 0.25) is 15.9 Å². The first-order valence-corrected chi connectivity index (χ1v) is 13.8. The molecule has 0 aromatic heterocycles. The molecular weight excluding hydrogens is 491 g/mol. The van der Waals surface area contributed by atoms with E-state index in [0.29, 0.717) is 31.9 Å². The lowest BCUT2D eigenvalue weighted by molar-refractivity contribution is -0.137. The number of carbonyl (C=O) groups excluding carboxylic acids is 1. The van der Waals surface area contributed by atoms with Crippen LogP contribution in [0.1, 0.15) is 43.2 Å². The van der Waals surface area contributed by atoms with Gasteiger partial charge in [0.25, 0.3) is 0 Å². The van der Waals surface area contributed by atoms with Gasteiger partial charge in [-0.3, -0.25) is 4.79 Å². The molecule has 1 aliphatic heterocycles. The first-order valence-electron chi connectivity index (χ1n) is 12.3. The molecule has 0 N–H and O–H groups in total. The summed E-state index contributed by atoms with van der Waals surface area (Å²) in [5.41, 5.74) is 0.707. The number of nitrogens with zero attached hydrogens (tertiary/aromatic N) is 3. The fourth-order valence-corrected chi connectivity index (χ4v) is 6.59. The fraction of sp³-hybridized carbons (Fsp3) is 0.500. The number of carbonyl (C=O) groups is 1. The van der Waals surface area contributed by atoms with Gasteiger partial charge in [-0.15, -0.1) is 0 Å². The lowest BCUT2D eigenvalue weighted by atomic mass is 9.95. The predicted octanol–water partition coefficient (Wildman–Crippen LogP) is 4.69. The summed E-state index contributed by atoms with van der Waals surface area (Å²) < 4.78 is 67.8. The quantitative estimate of drug-likeness (QED) is 0.552. The molecule has 0 spiro atoms. The van der Waals surface area contributed by atoms with E-state index in [1.807, 2.05) is 11.8 Å². The zero-order chi connectivity index (χ0) is 25.9. The van der Waals surface area contributed by atoms with Gasteiger partial charge in [-0.1, -0.05) is 43.0 Å². The van der Waals surface area contributed by atoms with Crippen molar-refractivity contribution in [2.75, 3.05) is 37.6 Å². The minimum Gasteiger partial charge on any atom is -0.368 e. The molecule has 10 heteroatoms. The average molecular weight is 524 g/mol. The number of alkyl halides is 3.